The zero-order valence-corrected chi connectivity index (χ0v) is 19.2. The van der Waals surface area contributed by atoms with E-state index in [1.165, 1.54) is 18.5 Å². The lowest BCUT2D eigenvalue weighted by atomic mass is 9.83. The number of benzene rings is 1. The topological polar surface area (TPSA) is 98.3 Å². The van der Waals surface area contributed by atoms with Crippen molar-refractivity contribution in [2.45, 2.75) is 30.6 Å². The van der Waals surface area contributed by atoms with Crippen LogP contribution < -0.4 is 15.8 Å². The third-order valence-corrected chi connectivity index (χ3v) is 6.37. The van der Waals surface area contributed by atoms with Crippen LogP contribution in [-0.2, 0) is 5.54 Å². The number of aromatic nitrogens is 3. The highest BCUT2D eigenvalue weighted by Gasteiger charge is 2.44. The van der Waals surface area contributed by atoms with Gasteiger partial charge in [0.15, 0.2) is 29.2 Å². The summed E-state index contributed by atoms with van der Waals surface area (Å²) in [5.41, 5.74) is 5.66. The van der Waals surface area contributed by atoms with Gasteiger partial charge in [-0.3, -0.25) is 4.99 Å². The highest BCUT2D eigenvalue weighted by atomic mass is 32.2. The summed E-state index contributed by atoms with van der Waals surface area (Å²) >= 11 is 1.08. The largest absolute Gasteiger partial charge is 0.463 e. The Labute approximate surface area is 198 Å². The minimum Gasteiger partial charge on any atom is -0.463 e. The van der Waals surface area contributed by atoms with Gasteiger partial charge in [0.05, 0.1) is 22.0 Å². The number of nitrogens with two attached hydrogens (primary N) is 1. The number of amidine groups is 1. The minimum atomic E-state index is -1.27. The molecule has 1 aliphatic heterocycles. The number of hydrogen-bond acceptors (Lipinski definition) is 8. The Balaban J connectivity index is 1.73. The number of nitrogens with one attached hydrogen (secondary N) is 1. The molecule has 0 amide bonds. The molecular weight excluding hydrogens is 465 g/mol. The first kappa shape index (κ1) is 23.6. The standard InChI is InChI=1S/C23H21F3N6OS/c1-4-7-33-17-10-29-19-16(31-17)5-6-28-20(19)30-13-8-14(18(26)15(25)9-13)23(3)11-22(2,12-24)34-21(27)32-23/h1,5-6,8-10H,7,11-12H2,2-3H3,(H2,27,32)(H,28,30)/t22-,23+/m1/s1. The van der Waals surface area contributed by atoms with E-state index in [0.717, 1.165) is 17.8 Å². The highest BCUT2D eigenvalue weighted by Crippen LogP contribution is 2.46. The van der Waals surface area contributed by atoms with E-state index in [1.54, 1.807) is 19.9 Å². The summed E-state index contributed by atoms with van der Waals surface area (Å²) in [6, 6.07) is 4.05. The van der Waals surface area contributed by atoms with Crippen LogP contribution in [0.2, 0.25) is 0 Å². The molecule has 0 aliphatic carbocycles. The van der Waals surface area contributed by atoms with Crippen molar-refractivity contribution in [2.75, 3.05) is 18.6 Å². The number of anilines is 2. The number of fused-ring (bicyclic) bond motifs is 1. The van der Waals surface area contributed by atoms with Gasteiger partial charge in [-0.1, -0.05) is 17.7 Å². The van der Waals surface area contributed by atoms with Crippen LogP contribution in [0.4, 0.5) is 24.7 Å². The van der Waals surface area contributed by atoms with Gasteiger partial charge in [-0.25, -0.2) is 28.1 Å². The lowest BCUT2D eigenvalue weighted by Gasteiger charge is -2.39. The summed E-state index contributed by atoms with van der Waals surface area (Å²) in [6.45, 7) is 2.62. The molecule has 11 heteroatoms. The van der Waals surface area contributed by atoms with Crippen molar-refractivity contribution in [3.05, 3.63) is 47.8 Å². The SMILES string of the molecule is C#CCOc1cnc2c(Nc3cc(F)c(F)c([C@]4(C)C[C@](C)(CF)SC(N)=N4)c3)nccc2n1. The lowest BCUT2D eigenvalue weighted by molar-refractivity contribution is 0.315. The fourth-order valence-electron chi connectivity index (χ4n) is 3.95. The molecule has 1 aliphatic rings. The number of ether oxygens (including phenoxy) is 1. The predicted molar refractivity (Wildman–Crippen MR) is 127 cm³/mol. The van der Waals surface area contributed by atoms with Crippen LogP contribution >= 0.6 is 11.8 Å². The number of thioether (sulfide) groups is 1. The maximum atomic E-state index is 15.0. The normalized spacial score (nSPS) is 22.2. The van der Waals surface area contributed by atoms with Gasteiger partial charge in [-0.15, -0.1) is 6.42 Å². The summed E-state index contributed by atoms with van der Waals surface area (Å²) in [5, 5.41) is 3.08. The monoisotopic (exact) mass is 486 g/mol. The van der Waals surface area contributed by atoms with E-state index in [-0.39, 0.29) is 41.1 Å². The highest BCUT2D eigenvalue weighted by molar-refractivity contribution is 8.15. The van der Waals surface area contributed by atoms with Gasteiger partial charge in [0.2, 0.25) is 5.88 Å². The number of alkyl halides is 1. The van der Waals surface area contributed by atoms with Crippen LogP contribution in [0.3, 0.4) is 0 Å². The van der Waals surface area contributed by atoms with Gasteiger partial charge in [0, 0.05) is 23.5 Å². The van der Waals surface area contributed by atoms with Crippen molar-refractivity contribution in [3.8, 4) is 18.2 Å². The molecule has 7 nitrogen and oxygen atoms in total. The maximum Gasteiger partial charge on any atom is 0.233 e. The predicted octanol–water partition coefficient (Wildman–Crippen LogP) is 4.45. The van der Waals surface area contributed by atoms with Gasteiger partial charge in [-0.05, 0) is 32.4 Å². The average Bonchev–Trinajstić information content (AvgIpc) is 2.79. The third kappa shape index (κ3) is 4.59. The van der Waals surface area contributed by atoms with Gasteiger partial charge in [0.1, 0.15) is 12.2 Å². The Kier molecular flexibility index (Phi) is 6.27. The molecule has 1 aromatic carbocycles. The quantitative estimate of drug-likeness (QED) is 0.497. The first-order valence-corrected chi connectivity index (χ1v) is 11.0. The summed E-state index contributed by atoms with van der Waals surface area (Å²) in [6.07, 6.45) is 8.19. The minimum absolute atomic E-state index is 0.0414. The molecule has 3 N–H and O–H groups in total. The summed E-state index contributed by atoms with van der Waals surface area (Å²) in [7, 11) is 0. The molecule has 0 saturated carbocycles. The van der Waals surface area contributed by atoms with Crippen molar-refractivity contribution in [1.29, 1.82) is 0 Å². The Morgan fingerprint density at radius 2 is 2.09 bits per heavy atom. The number of terminal acetylenes is 1. The van der Waals surface area contributed by atoms with Crippen molar-refractivity contribution in [1.82, 2.24) is 15.0 Å². The molecule has 0 saturated heterocycles. The second-order valence-corrected chi connectivity index (χ2v) is 9.87. The second kappa shape index (κ2) is 9.02. The average molecular weight is 487 g/mol. The van der Waals surface area contributed by atoms with Crippen molar-refractivity contribution in [2.24, 2.45) is 10.7 Å². The van der Waals surface area contributed by atoms with E-state index < -0.39 is 28.6 Å². The van der Waals surface area contributed by atoms with Gasteiger partial charge >= 0.3 is 0 Å². The second-order valence-electron chi connectivity index (χ2n) is 8.26. The van der Waals surface area contributed by atoms with E-state index in [1.807, 2.05) is 0 Å². The number of nitrogens with zero attached hydrogens (tertiary/aromatic N) is 4. The molecule has 4 rings (SSSR count). The summed E-state index contributed by atoms with van der Waals surface area (Å²) in [4.78, 5) is 17.2. The smallest absolute Gasteiger partial charge is 0.233 e. The van der Waals surface area contributed by atoms with E-state index >= 15 is 0 Å². The Morgan fingerprint density at radius 3 is 2.82 bits per heavy atom. The first-order chi connectivity index (χ1) is 16.2. The van der Waals surface area contributed by atoms with Crippen LogP contribution in [0.25, 0.3) is 11.0 Å². The number of hydrogen-bond donors (Lipinski definition) is 2. The van der Waals surface area contributed by atoms with Crippen LogP contribution in [0.1, 0.15) is 25.8 Å². The first-order valence-electron chi connectivity index (χ1n) is 10.2. The molecule has 0 spiro atoms. The van der Waals surface area contributed by atoms with E-state index in [9.17, 15) is 13.2 Å². The Hall–Kier alpha value is -3.52. The van der Waals surface area contributed by atoms with Crippen LogP contribution in [0.5, 0.6) is 5.88 Å². The Morgan fingerprint density at radius 1 is 1.29 bits per heavy atom. The molecule has 2 aromatic heterocycles. The molecule has 2 atom stereocenters. The zero-order chi connectivity index (χ0) is 24.5. The molecule has 176 valence electrons. The van der Waals surface area contributed by atoms with Crippen LogP contribution in [0, 0.1) is 24.0 Å². The molecular formula is C23H21F3N6OS. The summed E-state index contributed by atoms with van der Waals surface area (Å²) < 4.78 is 47.7. The number of pyridine rings is 1. The van der Waals surface area contributed by atoms with Crippen LogP contribution in [-0.4, -0.2) is 38.1 Å². The van der Waals surface area contributed by atoms with Gasteiger partial charge < -0.3 is 15.8 Å². The van der Waals surface area contributed by atoms with Crippen molar-refractivity contribution < 1.29 is 17.9 Å². The fraction of sp³-hybridized carbons (Fsp3) is 0.304. The van der Waals surface area contributed by atoms with E-state index in [4.69, 9.17) is 16.9 Å². The van der Waals surface area contributed by atoms with Crippen LogP contribution in [0.15, 0.2) is 35.6 Å². The van der Waals surface area contributed by atoms with E-state index in [0.29, 0.717) is 11.0 Å². The molecule has 0 bridgehead atoms. The van der Waals surface area contributed by atoms with E-state index in [2.05, 4.69) is 31.2 Å². The van der Waals surface area contributed by atoms with Crippen molar-refractivity contribution >= 4 is 39.5 Å². The number of aliphatic imine (C=N–C) groups is 1. The van der Waals surface area contributed by atoms with Crippen molar-refractivity contribution in [3.63, 3.8) is 0 Å². The molecule has 0 radical (unpaired) electrons. The maximum absolute atomic E-state index is 15.0. The molecule has 34 heavy (non-hydrogen) atoms. The lowest BCUT2D eigenvalue weighted by Crippen LogP contribution is -2.42. The molecule has 3 aromatic rings. The number of rotatable bonds is 6. The van der Waals surface area contributed by atoms with Gasteiger partial charge in [-0.2, -0.15) is 0 Å². The summed E-state index contributed by atoms with van der Waals surface area (Å²) in [5.74, 6) is 0.696. The zero-order valence-electron chi connectivity index (χ0n) is 18.4. The molecule has 3 heterocycles. The fourth-order valence-corrected chi connectivity index (χ4v) is 5.11. The number of halogens is 3. The van der Waals surface area contributed by atoms with Gasteiger partial charge in [0.25, 0.3) is 0 Å². The third-order valence-electron chi connectivity index (χ3n) is 5.32. The Bertz CT molecular complexity index is 1330. The molecule has 0 unspecified atom stereocenters. The molecule has 0 fully saturated rings.